The Morgan fingerprint density at radius 3 is 2.33 bits per heavy atom. The van der Waals surface area contributed by atoms with Gasteiger partial charge in [-0.3, -0.25) is 14.3 Å². The molecule has 0 saturated heterocycles. The van der Waals surface area contributed by atoms with Gasteiger partial charge in [-0.15, -0.1) is 0 Å². The van der Waals surface area contributed by atoms with Crippen LogP contribution >= 0.6 is 0 Å². The minimum absolute atomic E-state index is 0.108. The van der Waals surface area contributed by atoms with Gasteiger partial charge in [0.2, 0.25) is 10.0 Å². The van der Waals surface area contributed by atoms with Crippen LogP contribution in [0.25, 0.3) is 11.1 Å². The molecule has 3 aromatic carbocycles. The van der Waals surface area contributed by atoms with Gasteiger partial charge in [0.15, 0.2) is 0 Å². The van der Waals surface area contributed by atoms with Gasteiger partial charge in [-0.25, -0.2) is 8.42 Å². The Kier molecular flexibility index (Phi) is 10.9. The predicted molar refractivity (Wildman–Crippen MR) is 150 cm³/mol. The van der Waals surface area contributed by atoms with Gasteiger partial charge in [-0.2, -0.15) is 0 Å². The molecule has 0 spiro atoms. The molecular formula is C29H34N2O7S. The maximum absolute atomic E-state index is 12.2. The Bertz CT molecular complexity index is 1380. The molecule has 0 aliphatic carbocycles. The molecule has 3 aromatic rings. The van der Waals surface area contributed by atoms with Crippen molar-refractivity contribution in [3.05, 3.63) is 83.4 Å². The third-order valence-corrected chi connectivity index (χ3v) is 6.29. The van der Waals surface area contributed by atoms with Crippen LogP contribution in [-0.2, 0) is 48.7 Å². The number of carbonyl (C=O) groups is 2. The zero-order valence-electron chi connectivity index (χ0n) is 22.4. The first kappa shape index (κ1) is 29.7. The number of esters is 2. The fourth-order valence-corrected chi connectivity index (χ4v) is 4.51. The summed E-state index contributed by atoms with van der Waals surface area (Å²) >= 11 is 0. The van der Waals surface area contributed by atoms with E-state index in [1.54, 1.807) is 44.4 Å². The Hall–Kier alpha value is -3.89. The fraction of sp³-hybridized carbons (Fsp3) is 0.310. The van der Waals surface area contributed by atoms with E-state index in [2.05, 4.69) is 10.0 Å². The maximum Gasteiger partial charge on any atom is 0.310 e. The monoisotopic (exact) mass is 554 g/mol. The molecular weight excluding hydrogens is 520 g/mol. The highest BCUT2D eigenvalue weighted by Gasteiger charge is 2.15. The zero-order chi connectivity index (χ0) is 28.3. The van der Waals surface area contributed by atoms with Crippen molar-refractivity contribution in [2.75, 3.05) is 31.2 Å². The highest BCUT2D eigenvalue weighted by atomic mass is 32.2. The van der Waals surface area contributed by atoms with E-state index in [1.807, 2.05) is 36.4 Å². The largest absolute Gasteiger partial charge is 0.496 e. The van der Waals surface area contributed by atoms with Crippen LogP contribution in [0.15, 0.2) is 66.7 Å². The highest BCUT2D eigenvalue weighted by Crippen LogP contribution is 2.35. The van der Waals surface area contributed by atoms with Gasteiger partial charge in [0.25, 0.3) is 0 Å². The summed E-state index contributed by atoms with van der Waals surface area (Å²) in [5.74, 6) is -0.0630. The van der Waals surface area contributed by atoms with Gasteiger partial charge >= 0.3 is 11.9 Å². The number of ether oxygens (including phenoxy) is 3. The lowest BCUT2D eigenvalue weighted by molar-refractivity contribution is -0.145. The van der Waals surface area contributed by atoms with E-state index in [0.717, 1.165) is 34.1 Å². The number of hydrogen-bond donors (Lipinski definition) is 2. The number of benzene rings is 3. The molecule has 0 radical (unpaired) electrons. The number of hydrogen-bond acceptors (Lipinski definition) is 8. The molecule has 0 saturated carbocycles. The van der Waals surface area contributed by atoms with Gasteiger partial charge in [0.05, 0.1) is 32.8 Å². The molecule has 9 nitrogen and oxygen atoms in total. The van der Waals surface area contributed by atoms with Crippen LogP contribution in [0.1, 0.15) is 30.0 Å². The molecule has 0 amide bonds. The molecule has 0 heterocycles. The molecule has 39 heavy (non-hydrogen) atoms. The molecule has 0 unspecified atom stereocenters. The number of sulfonamides is 1. The van der Waals surface area contributed by atoms with Crippen molar-refractivity contribution in [1.29, 1.82) is 0 Å². The van der Waals surface area contributed by atoms with Crippen LogP contribution in [0.5, 0.6) is 5.75 Å². The van der Waals surface area contributed by atoms with E-state index >= 15 is 0 Å². The van der Waals surface area contributed by atoms with E-state index in [0.29, 0.717) is 31.1 Å². The minimum Gasteiger partial charge on any atom is -0.496 e. The number of carbonyl (C=O) groups excluding carboxylic acids is 2. The van der Waals surface area contributed by atoms with Crippen molar-refractivity contribution < 1.29 is 32.2 Å². The topological polar surface area (TPSA) is 120 Å². The maximum atomic E-state index is 12.2. The second-order valence-electron chi connectivity index (χ2n) is 8.84. The van der Waals surface area contributed by atoms with Crippen molar-refractivity contribution in [2.24, 2.45) is 0 Å². The van der Waals surface area contributed by atoms with Crippen molar-refractivity contribution in [1.82, 2.24) is 5.32 Å². The molecule has 2 N–H and O–H groups in total. The number of methoxy groups -OCH3 is 1. The number of nitrogens with one attached hydrogen (secondary N) is 2. The Labute approximate surface area is 229 Å². The van der Waals surface area contributed by atoms with Gasteiger partial charge in [0, 0.05) is 24.3 Å². The van der Waals surface area contributed by atoms with Crippen LogP contribution in [0.2, 0.25) is 0 Å². The van der Waals surface area contributed by atoms with E-state index in [-0.39, 0.29) is 31.4 Å². The highest BCUT2D eigenvalue weighted by molar-refractivity contribution is 7.92. The second kappa shape index (κ2) is 14.3. The normalized spacial score (nSPS) is 11.1. The molecule has 0 aliphatic rings. The first-order chi connectivity index (χ1) is 18.7. The van der Waals surface area contributed by atoms with Crippen LogP contribution in [0.4, 0.5) is 5.69 Å². The SMILES string of the molecule is CCOC(=O)Cc1ccc(OC)c(-c2ccc(NS(C)(=O)=O)cc2CNCCC(=O)OCc2ccccc2)c1. The molecule has 0 aromatic heterocycles. The molecule has 3 rings (SSSR count). The Morgan fingerprint density at radius 2 is 1.64 bits per heavy atom. The molecule has 0 fully saturated rings. The lowest BCUT2D eigenvalue weighted by atomic mass is 9.95. The Morgan fingerprint density at radius 1 is 0.872 bits per heavy atom. The van der Waals surface area contributed by atoms with Crippen LogP contribution in [0, 0.1) is 0 Å². The van der Waals surface area contributed by atoms with E-state index < -0.39 is 10.0 Å². The molecule has 208 valence electrons. The third-order valence-electron chi connectivity index (χ3n) is 5.68. The summed E-state index contributed by atoms with van der Waals surface area (Å²) < 4.78 is 42.1. The van der Waals surface area contributed by atoms with Crippen molar-refractivity contribution in [3.8, 4) is 16.9 Å². The Balaban J connectivity index is 1.77. The quantitative estimate of drug-likeness (QED) is 0.226. The first-order valence-electron chi connectivity index (χ1n) is 12.5. The molecule has 10 heteroatoms. The summed E-state index contributed by atoms with van der Waals surface area (Å²) in [6.45, 7) is 2.96. The summed E-state index contributed by atoms with van der Waals surface area (Å²) in [7, 11) is -1.93. The summed E-state index contributed by atoms with van der Waals surface area (Å²) in [6, 6.07) is 20.1. The zero-order valence-corrected chi connectivity index (χ0v) is 23.2. The molecule has 0 bridgehead atoms. The lowest BCUT2D eigenvalue weighted by Gasteiger charge is -2.17. The van der Waals surface area contributed by atoms with Gasteiger partial charge < -0.3 is 19.5 Å². The second-order valence-corrected chi connectivity index (χ2v) is 10.6. The summed E-state index contributed by atoms with van der Waals surface area (Å²) in [4.78, 5) is 24.2. The summed E-state index contributed by atoms with van der Waals surface area (Å²) in [5.41, 5.74) is 4.37. The van der Waals surface area contributed by atoms with Crippen LogP contribution < -0.4 is 14.8 Å². The van der Waals surface area contributed by atoms with Gasteiger partial charge in [-0.1, -0.05) is 42.5 Å². The predicted octanol–water partition coefficient (Wildman–Crippen LogP) is 4.06. The van der Waals surface area contributed by atoms with E-state index in [4.69, 9.17) is 14.2 Å². The summed E-state index contributed by atoms with van der Waals surface area (Å²) in [5, 5.41) is 3.24. The number of anilines is 1. The lowest BCUT2D eigenvalue weighted by Crippen LogP contribution is -2.19. The third kappa shape index (κ3) is 9.73. The van der Waals surface area contributed by atoms with Crippen molar-refractivity contribution in [2.45, 2.75) is 32.9 Å². The van der Waals surface area contributed by atoms with E-state index in [9.17, 15) is 18.0 Å². The standard InChI is InChI=1S/C29H34N2O7S/c1-4-37-29(33)17-22-10-13-27(36-2)26(16-22)25-12-11-24(31-39(3,34)35)18-23(25)19-30-15-14-28(32)38-20-21-8-6-5-7-9-21/h5-13,16,18,30-31H,4,14-15,17,19-20H2,1-3H3. The van der Waals surface area contributed by atoms with E-state index in [1.165, 1.54) is 0 Å². The average Bonchev–Trinajstić information content (AvgIpc) is 2.90. The van der Waals surface area contributed by atoms with Gasteiger partial charge in [0.1, 0.15) is 12.4 Å². The van der Waals surface area contributed by atoms with Crippen LogP contribution in [-0.4, -0.2) is 46.9 Å². The molecule has 0 aliphatic heterocycles. The smallest absolute Gasteiger partial charge is 0.310 e. The first-order valence-corrected chi connectivity index (χ1v) is 14.4. The van der Waals surface area contributed by atoms with Crippen molar-refractivity contribution >= 4 is 27.6 Å². The van der Waals surface area contributed by atoms with Crippen molar-refractivity contribution in [3.63, 3.8) is 0 Å². The number of rotatable bonds is 14. The summed E-state index contributed by atoms with van der Waals surface area (Å²) in [6.07, 6.45) is 1.36. The van der Waals surface area contributed by atoms with Gasteiger partial charge in [-0.05, 0) is 53.4 Å². The van der Waals surface area contributed by atoms with Crippen LogP contribution in [0.3, 0.4) is 0 Å². The molecule has 0 atom stereocenters. The fourth-order valence-electron chi connectivity index (χ4n) is 3.96. The minimum atomic E-state index is -3.48. The average molecular weight is 555 g/mol.